The van der Waals surface area contributed by atoms with Crippen molar-refractivity contribution in [2.75, 3.05) is 0 Å². The minimum absolute atomic E-state index is 0.176. The van der Waals surface area contributed by atoms with Gasteiger partial charge in [0.25, 0.3) is 0 Å². The third-order valence-corrected chi connectivity index (χ3v) is 5.10. The molecule has 0 aromatic carbocycles. The summed E-state index contributed by atoms with van der Waals surface area (Å²) in [6.07, 6.45) is 15.9. The maximum Gasteiger partial charge on any atom is 0.303 e. The average molecular weight is 403 g/mol. The minimum Gasteiger partial charge on any atom is -0.481 e. The highest BCUT2D eigenvalue weighted by atomic mass is 35.5. The van der Waals surface area contributed by atoms with Gasteiger partial charge in [-0.1, -0.05) is 76.3 Å². The number of azo groups is 1. The second-order valence-electron chi connectivity index (χ2n) is 8.82. The van der Waals surface area contributed by atoms with Gasteiger partial charge in [0.2, 0.25) is 0 Å². The maximum absolute atomic E-state index is 10.5. The number of carboxylic acid groups (broad SMARTS) is 1. The second kappa shape index (κ2) is 15.3. The highest BCUT2D eigenvalue weighted by molar-refractivity contribution is 6.23. The first-order valence-corrected chi connectivity index (χ1v) is 11.4. The van der Waals surface area contributed by atoms with Crippen molar-refractivity contribution in [1.82, 2.24) is 0 Å². The lowest BCUT2D eigenvalue weighted by Crippen LogP contribution is -2.20. The van der Waals surface area contributed by atoms with Gasteiger partial charge in [-0.05, 0) is 52.9 Å². The zero-order valence-electron chi connectivity index (χ0n) is 18.2. The fourth-order valence-electron chi connectivity index (χ4n) is 3.02. The quantitative estimate of drug-likeness (QED) is 0.115. The Balaban J connectivity index is 4.03. The normalized spacial score (nSPS) is 14.6. The predicted octanol–water partition coefficient (Wildman–Crippen LogP) is 8.13. The molecule has 0 aliphatic rings. The highest BCUT2D eigenvalue weighted by Crippen LogP contribution is 2.32. The zero-order valence-corrected chi connectivity index (χ0v) is 19.0. The van der Waals surface area contributed by atoms with Gasteiger partial charge in [0.15, 0.2) is 5.00 Å². The number of rotatable bonds is 17. The first kappa shape index (κ1) is 26.4. The number of alkyl halides is 1. The van der Waals surface area contributed by atoms with Crippen molar-refractivity contribution in [2.45, 2.75) is 135 Å². The van der Waals surface area contributed by atoms with Gasteiger partial charge in [0.1, 0.15) is 0 Å². The van der Waals surface area contributed by atoms with Crippen LogP contribution in [0, 0.1) is 0 Å². The molecule has 0 aromatic rings. The van der Waals surface area contributed by atoms with Gasteiger partial charge < -0.3 is 5.11 Å². The smallest absolute Gasteiger partial charge is 0.303 e. The van der Waals surface area contributed by atoms with E-state index < -0.39 is 11.0 Å². The molecule has 4 nitrogen and oxygen atoms in total. The second-order valence-corrected chi connectivity index (χ2v) is 9.53. The molecule has 0 amide bonds. The van der Waals surface area contributed by atoms with E-state index in [0.717, 1.165) is 44.9 Å². The minimum atomic E-state index is -0.683. The molecule has 27 heavy (non-hydrogen) atoms. The van der Waals surface area contributed by atoms with E-state index in [1.54, 1.807) is 0 Å². The summed E-state index contributed by atoms with van der Waals surface area (Å²) in [4.78, 5) is 9.93. The Labute approximate surface area is 172 Å². The van der Waals surface area contributed by atoms with E-state index in [-0.39, 0.29) is 5.54 Å². The number of halogens is 1. The van der Waals surface area contributed by atoms with Gasteiger partial charge in [0.05, 0.1) is 5.54 Å². The molecule has 0 aliphatic heterocycles. The van der Waals surface area contributed by atoms with Gasteiger partial charge in [-0.3, -0.25) is 4.79 Å². The topological polar surface area (TPSA) is 62.0 Å². The molecular formula is C22H43ClN2O2. The molecule has 0 saturated heterocycles. The molecule has 0 aromatic heterocycles. The average Bonchev–Trinajstić information content (AvgIpc) is 2.58. The van der Waals surface area contributed by atoms with Crippen molar-refractivity contribution in [3.05, 3.63) is 0 Å². The zero-order chi connectivity index (χ0) is 20.6. The van der Waals surface area contributed by atoms with Crippen LogP contribution in [-0.2, 0) is 4.79 Å². The molecule has 0 heterocycles. The summed E-state index contributed by atoms with van der Waals surface area (Å²) in [6, 6.07) is 0. The number of carbonyl (C=O) groups is 1. The lowest BCUT2D eigenvalue weighted by Gasteiger charge is -2.23. The van der Waals surface area contributed by atoms with E-state index in [9.17, 15) is 4.79 Å². The van der Waals surface area contributed by atoms with E-state index in [2.05, 4.69) is 37.9 Å². The molecule has 0 saturated carbocycles. The van der Waals surface area contributed by atoms with Crippen LogP contribution in [0.15, 0.2) is 10.2 Å². The van der Waals surface area contributed by atoms with Crippen LogP contribution in [0.5, 0.6) is 0 Å². The SMILES string of the molecule is CCCCCCC(Cl)(CCCCCCCCCCC(=O)O)N=NC(C)(C)C. The van der Waals surface area contributed by atoms with Gasteiger partial charge in [0, 0.05) is 6.42 Å². The molecule has 1 atom stereocenters. The van der Waals surface area contributed by atoms with Crippen molar-refractivity contribution in [2.24, 2.45) is 10.2 Å². The monoisotopic (exact) mass is 402 g/mol. The summed E-state index contributed by atoms with van der Waals surface area (Å²) in [5.41, 5.74) is -0.176. The van der Waals surface area contributed by atoms with E-state index in [1.165, 1.54) is 44.9 Å². The largest absolute Gasteiger partial charge is 0.481 e. The lowest BCUT2D eigenvalue weighted by atomic mass is 10.00. The number of unbranched alkanes of at least 4 members (excludes halogenated alkanes) is 10. The van der Waals surface area contributed by atoms with Crippen LogP contribution in [-0.4, -0.2) is 21.6 Å². The molecule has 5 heteroatoms. The van der Waals surface area contributed by atoms with Crippen molar-refractivity contribution < 1.29 is 9.90 Å². The third-order valence-electron chi connectivity index (χ3n) is 4.64. The van der Waals surface area contributed by atoms with Crippen molar-refractivity contribution in [1.29, 1.82) is 0 Å². The maximum atomic E-state index is 10.5. The van der Waals surface area contributed by atoms with Gasteiger partial charge in [-0.2, -0.15) is 10.2 Å². The number of nitrogens with zero attached hydrogens (tertiary/aromatic N) is 2. The van der Waals surface area contributed by atoms with Crippen molar-refractivity contribution in [3.8, 4) is 0 Å². The summed E-state index contributed by atoms with van der Waals surface area (Å²) >= 11 is 6.84. The number of hydrogen-bond acceptors (Lipinski definition) is 3. The fraction of sp³-hybridized carbons (Fsp3) is 0.955. The van der Waals surface area contributed by atoms with Crippen LogP contribution in [0.25, 0.3) is 0 Å². The molecule has 0 aliphatic carbocycles. The summed E-state index contributed by atoms with van der Waals surface area (Å²) < 4.78 is 0. The molecule has 1 N–H and O–H groups in total. The van der Waals surface area contributed by atoms with E-state index in [1.807, 2.05) is 0 Å². The Hall–Kier alpha value is -0.640. The Kier molecular flexibility index (Phi) is 14.9. The van der Waals surface area contributed by atoms with E-state index in [0.29, 0.717) is 6.42 Å². The van der Waals surface area contributed by atoms with Gasteiger partial charge >= 0.3 is 5.97 Å². The Bertz CT molecular complexity index is 408. The van der Waals surface area contributed by atoms with Crippen LogP contribution < -0.4 is 0 Å². The standard InChI is InChI=1S/C22H43ClN2O2/c1-5-6-7-15-18-22(23,25-24-21(2,3)4)19-16-13-11-9-8-10-12-14-17-20(26)27/h5-19H2,1-4H3,(H,26,27). The number of aliphatic carboxylic acids is 1. The molecule has 0 rings (SSSR count). The summed E-state index contributed by atoms with van der Waals surface area (Å²) in [5.74, 6) is -0.683. The van der Waals surface area contributed by atoms with Crippen LogP contribution >= 0.6 is 11.6 Å². The lowest BCUT2D eigenvalue weighted by molar-refractivity contribution is -0.137. The van der Waals surface area contributed by atoms with Crippen molar-refractivity contribution in [3.63, 3.8) is 0 Å². The Morgan fingerprint density at radius 2 is 1.22 bits per heavy atom. The van der Waals surface area contributed by atoms with Gasteiger partial charge in [-0.15, -0.1) is 0 Å². The first-order chi connectivity index (χ1) is 12.7. The van der Waals surface area contributed by atoms with E-state index >= 15 is 0 Å². The molecule has 0 fully saturated rings. The third kappa shape index (κ3) is 18.5. The van der Waals surface area contributed by atoms with Gasteiger partial charge in [-0.25, -0.2) is 0 Å². The summed E-state index contributed by atoms with van der Waals surface area (Å²) in [7, 11) is 0. The van der Waals surface area contributed by atoms with Crippen LogP contribution in [0.3, 0.4) is 0 Å². The Morgan fingerprint density at radius 1 is 0.778 bits per heavy atom. The number of carboxylic acids is 1. The summed E-state index contributed by atoms with van der Waals surface area (Å²) in [6.45, 7) is 8.39. The van der Waals surface area contributed by atoms with Crippen molar-refractivity contribution >= 4 is 17.6 Å². The fourth-order valence-corrected chi connectivity index (χ4v) is 3.33. The molecule has 0 bridgehead atoms. The molecule has 1 unspecified atom stereocenters. The Morgan fingerprint density at radius 3 is 1.67 bits per heavy atom. The van der Waals surface area contributed by atoms with Crippen LogP contribution in [0.4, 0.5) is 0 Å². The first-order valence-electron chi connectivity index (χ1n) is 11.0. The highest BCUT2D eigenvalue weighted by Gasteiger charge is 2.26. The molecule has 160 valence electrons. The number of hydrogen-bond donors (Lipinski definition) is 1. The van der Waals surface area contributed by atoms with Crippen LogP contribution in [0.1, 0.15) is 124 Å². The predicted molar refractivity (Wildman–Crippen MR) is 116 cm³/mol. The molecular weight excluding hydrogens is 360 g/mol. The molecule has 0 spiro atoms. The van der Waals surface area contributed by atoms with Crippen LogP contribution in [0.2, 0.25) is 0 Å². The molecule has 0 radical (unpaired) electrons. The van der Waals surface area contributed by atoms with E-state index in [4.69, 9.17) is 16.7 Å². The summed E-state index contributed by atoms with van der Waals surface area (Å²) in [5, 5.41) is 17.6.